The van der Waals surface area contributed by atoms with Gasteiger partial charge in [-0.3, -0.25) is 4.79 Å². The Balaban J connectivity index is 1.64. The first-order chi connectivity index (χ1) is 17.0. The van der Waals surface area contributed by atoms with E-state index in [4.69, 9.17) is 14.5 Å². The Morgan fingerprint density at radius 1 is 1.17 bits per heavy atom. The van der Waals surface area contributed by atoms with Crippen LogP contribution in [0.15, 0.2) is 75.9 Å². The van der Waals surface area contributed by atoms with Gasteiger partial charge in [0, 0.05) is 17.8 Å². The molecular weight excluding hydrogens is 469 g/mol. The highest BCUT2D eigenvalue weighted by Crippen LogP contribution is 2.45. The highest BCUT2D eigenvalue weighted by molar-refractivity contribution is 8.16. The smallest absolute Gasteiger partial charge is 0.338 e. The largest absolute Gasteiger partial charge is 0.497 e. The number of carbonyl (C=O) groups excluding carboxylic acids is 2. The molecule has 0 spiro atoms. The van der Waals surface area contributed by atoms with Gasteiger partial charge < -0.3 is 19.7 Å². The maximum atomic E-state index is 13.9. The second-order valence-corrected chi connectivity index (χ2v) is 8.76. The highest BCUT2D eigenvalue weighted by Gasteiger charge is 2.41. The number of rotatable bonds is 8. The number of benzene rings is 2. The molecule has 4 rings (SSSR count). The van der Waals surface area contributed by atoms with E-state index in [1.165, 1.54) is 24.9 Å². The van der Waals surface area contributed by atoms with Crippen LogP contribution < -0.4 is 10.1 Å². The molecule has 9 heteroatoms. The Bertz CT molecular complexity index is 1240. The molecular formula is C26H26FN3O4S. The van der Waals surface area contributed by atoms with E-state index in [1.54, 1.807) is 25.3 Å². The molecule has 7 nitrogen and oxygen atoms in total. The number of amidine groups is 1. The molecule has 0 bridgehead atoms. The lowest BCUT2D eigenvalue weighted by molar-refractivity contribution is -0.136. The number of hydrogen-bond donors (Lipinski definition) is 1. The SMILES string of the molecule is CCC1=C(C(=O)OC)C(c2cccc(OC)c2)N2C(CC(=O)NCc3ccccc3F)=CSC2=N1. The summed E-state index contributed by atoms with van der Waals surface area (Å²) in [6, 6.07) is 13.2. The number of amides is 1. The van der Waals surface area contributed by atoms with Gasteiger partial charge in [0.15, 0.2) is 5.17 Å². The molecule has 2 aliphatic heterocycles. The first-order valence-corrected chi connectivity index (χ1v) is 12.0. The zero-order valence-corrected chi connectivity index (χ0v) is 20.5. The third kappa shape index (κ3) is 5.09. The minimum atomic E-state index is -0.541. The van der Waals surface area contributed by atoms with Gasteiger partial charge in [-0.05, 0) is 35.6 Å². The first kappa shape index (κ1) is 24.5. The van der Waals surface area contributed by atoms with Gasteiger partial charge in [-0.25, -0.2) is 14.2 Å². The second kappa shape index (κ2) is 10.8. The summed E-state index contributed by atoms with van der Waals surface area (Å²) in [4.78, 5) is 32.4. The molecule has 1 N–H and O–H groups in total. The number of carbonyl (C=O) groups is 2. The molecule has 2 aromatic rings. The normalized spacial score (nSPS) is 16.9. The van der Waals surface area contributed by atoms with Crippen LogP contribution in [0.4, 0.5) is 4.39 Å². The van der Waals surface area contributed by atoms with Crippen molar-refractivity contribution in [2.24, 2.45) is 4.99 Å². The number of ether oxygens (including phenoxy) is 2. The quantitative estimate of drug-likeness (QED) is 0.536. The Hall–Kier alpha value is -3.59. The Morgan fingerprint density at radius 3 is 2.69 bits per heavy atom. The van der Waals surface area contributed by atoms with Crippen molar-refractivity contribution >= 4 is 28.8 Å². The summed E-state index contributed by atoms with van der Waals surface area (Å²) in [6.07, 6.45) is 0.581. The van der Waals surface area contributed by atoms with Crippen LogP contribution in [-0.2, 0) is 20.9 Å². The number of allylic oxidation sites excluding steroid dienone is 1. The van der Waals surface area contributed by atoms with Crippen LogP contribution in [0.5, 0.6) is 5.75 Å². The number of methoxy groups -OCH3 is 2. The third-order valence-electron chi connectivity index (χ3n) is 5.81. The summed E-state index contributed by atoms with van der Waals surface area (Å²) in [7, 11) is 2.93. The molecule has 1 amide bonds. The Kier molecular flexibility index (Phi) is 7.55. The molecule has 0 saturated carbocycles. The van der Waals surface area contributed by atoms with Crippen molar-refractivity contribution in [3.63, 3.8) is 0 Å². The van der Waals surface area contributed by atoms with Crippen molar-refractivity contribution in [1.29, 1.82) is 0 Å². The number of hydrogen-bond acceptors (Lipinski definition) is 7. The summed E-state index contributed by atoms with van der Waals surface area (Å²) < 4.78 is 24.5. The van der Waals surface area contributed by atoms with Crippen molar-refractivity contribution in [1.82, 2.24) is 10.2 Å². The van der Waals surface area contributed by atoms with Crippen molar-refractivity contribution in [2.75, 3.05) is 14.2 Å². The van der Waals surface area contributed by atoms with Crippen molar-refractivity contribution in [2.45, 2.75) is 32.4 Å². The maximum absolute atomic E-state index is 13.9. The number of nitrogens with zero attached hydrogens (tertiary/aromatic N) is 2. The monoisotopic (exact) mass is 495 g/mol. The van der Waals surface area contributed by atoms with Gasteiger partial charge in [-0.15, -0.1) is 0 Å². The average molecular weight is 496 g/mol. The van der Waals surface area contributed by atoms with Gasteiger partial charge in [-0.1, -0.05) is 49.0 Å². The van der Waals surface area contributed by atoms with E-state index in [-0.39, 0.29) is 24.7 Å². The number of halogens is 1. The van der Waals surface area contributed by atoms with E-state index in [2.05, 4.69) is 5.32 Å². The van der Waals surface area contributed by atoms with Crippen LogP contribution in [0.25, 0.3) is 0 Å². The first-order valence-electron chi connectivity index (χ1n) is 11.2. The topological polar surface area (TPSA) is 80.2 Å². The van der Waals surface area contributed by atoms with Crippen LogP contribution in [-0.4, -0.2) is 36.2 Å². The minimum Gasteiger partial charge on any atom is -0.497 e. The Labute approximate surface area is 207 Å². The van der Waals surface area contributed by atoms with E-state index < -0.39 is 12.0 Å². The number of thioether (sulfide) groups is 1. The highest BCUT2D eigenvalue weighted by atomic mass is 32.2. The predicted octanol–water partition coefficient (Wildman–Crippen LogP) is 4.68. The van der Waals surface area contributed by atoms with Crippen LogP contribution in [0.3, 0.4) is 0 Å². The van der Waals surface area contributed by atoms with E-state index in [0.29, 0.717) is 39.9 Å². The number of esters is 1. The lowest BCUT2D eigenvalue weighted by Gasteiger charge is -2.36. The van der Waals surface area contributed by atoms with Gasteiger partial charge in [-0.2, -0.15) is 0 Å². The molecule has 0 aliphatic carbocycles. The van der Waals surface area contributed by atoms with E-state index >= 15 is 0 Å². The molecule has 35 heavy (non-hydrogen) atoms. The molecule has 1 unspecified atom stereocenters. The summed E-state index contributed by atoms with van der Waals surface area (Å²) >= 11 is 1.40. The molecule has 0 radical (unpaired) electrons. The Morgan fingerprint density at radius 2 is 1.97 bits per heavy atom. The van der Waals surface area contributed by atoms with Crippen molar-refractivity contribution in [3.05, 3.63) is 87.9 Å². The van der Waals surface area contributed by atoms with Crippen LogP contribution in [0, 0.1) is 5.82 Å². The zero-order valence-electron chi connectivity index (χ0n) is 19.7. The second-order valence-electron chi connectivity index (χ2n) is 7.92. The standard InChI is InChI=1S/C26H26FN3O4S/c1-4-21-23(25(32)34-3)24(16-9-7-10-19(12-16)33-2)30-18(15-35-26(30)29-21)13-22(31)28-14-17-8-5-6-11-20(17)27/h5-12,15,24H,4,13-14H2,1-3H3,(H,28,31). The summed E-state index contributed by atoms with van der Waals surface area (Å²) in [5, 5.41) is 5.32. The van der Waals surface area contributed by atoms with Crippen LogP contribution in [0.2, 0.25) is 0 Å². The summed E-state index contributed by atoms with van der Waals surface area (Å²) in [6.45, 7) is 2.02. The fourth-order valence-electron chi connectivity index (χ4n) is 4.10. The molecule has 0 aromatic heterocycles. The summed E-state index contributed by atoms with van der Waals surface area (Å²) in [5.74, 6) is -0.464. The minimum absolute atomic E-state index is 0.0385. The van der Waals surface area contributed by atoms with Crippen LogP contribution in [0.1, 0.15) is 36.9 Å². The molecule has 2 aromatic carbocycles. The molecule has 1 atom stereocenters. The van der Waals surface area contributed by atoms with Gasteiger partial charge in [0.05, 0.1) is 38.0 Å². The van der Waals surface area contributed by atoms with E-state index in [1.807, 2.05) is 41.5 Å². The van der Waals surface area contributed by atoms with E-state index in [9.17, 15) is 14.0 Å². The number of nitrogens with one attached hydrogen (secondary N) is 1. The molecule has 2 aliphatic rings. The molecule has 182 valence electrons. The summed E-state index contributed by atoms with van der Waals surface area (Å²) in [5.41, 5.74) is 2.97. The predicted molar refractivity (Wildman–Crippen MR) is 133 cm³/mol. The molecule has 2 heterocycles. The fourth-order valence-corrected chi connectivity index (χ4v) is 5.04. The van der Waals surface area contributed by atoms with Crippen molar-refractivity contribution < 1.29 is 23.5 Å². The fraction of sp³-hybridized carbons (Fsp3) is 0.269. The third-order valence-corrected chi connectivity index (χ3v) is 6.70. The van der Waals surface area contributed by atoms with Gasteiger partial charge >= 0.3 is 5.97 Å². The maximum Gasteiger partial charge on any atom is 0.338 e. The lowest BCUT2D eigenvalue weighted by atomic mass is 9.92. The van der Waals surface area contributed by atoms with Gasteiger partial charge in [0.25, 0.3) is 0 Å². The van der Waals surface area contributed by atoms with Gasteiger partial charge in [0.2, 0.25) is 5.91 Å². The average Bonchev–Trinajstić information content (AvgIpc) is 3.28. The van der Waals surface area contributed by atoms with Crippen molar-refractivity contribution in [3.8, 4) is 5.75 Å². The zero-order chi connectivity index (χ0) is 24.9. The molecule has 0 saturated heterocycles. The molecule has 0 fully saturated rings. The number of aliphatic imine (C=N–C) groups is 1. The van der Waals surface area contributed by atoms with E-state index in [0.717, 1.165) is 5.56 Å². The lowest BCUT2D eigenvalue weighted by Crippen LogP contribution is -2.38. The van der Waals surface area contributed by atoms with Crippen LogP contribution >= 0.6 is 11.8 Å². The van der Waals surface area contributed by atoms with Gasteiger partial charge in [0.1, 0.15) is 11.6 Å². The number of fused-ring (bicyclic) bond motifs is 1.